The summed E-state index contributed by atoms with van der Waals surface area (Å²) in [6, 6.07) is 15.7. The van der Waals surface area contributed by atoms with Crippen LogP contribution in [0.4, 0.5) is 15.2 Å². The van der Waals surface area contributed by atoms with Gasteiger partial charge in [0.25, 0.3) is 15.9 Å². The molecule has 0 saturated carbocycles. The van der Waals surface area contributed by atoms with E-state index in [4.69, 9.17) is 0 Å². The number of nitrogens with one attached hydrogen (secondary N) is 2. The number of hydrogen-bond acceptors (Lipinski definition) is 5. The van der Waals surface area contributed by atoms with E-state index < -0.39 is 15.8 Å². The van der Waals surface area contributed by atoms with Crippen molar-refractivity contribution in [3.63, 3.8) is 0 Å². The highest BCUT2D eigenvalue weighted by Gasteiger charge is 2.17. The quantitative estimate of drug-likeness (QED) is 0.438. The Hall–Kier alpha value is -3.30. The van der Waals surface area contributed by atoms with Gasteiger partial charge in [-0.05, 0) is 67.9 Å². The number of halogens is 1. The van der Waals surface area contributed by atoms with E-state index in [1.54, 1.807) is 30.3 Å². The number of thiazole rings is 1. The van der Waals surface area contributed by atoms with E-state index in [0.29, 0.717) is 21.9 Å². The molecule has 4 aromatic rings. The number of rotatable bonds is 5. The fraction of sp³-hybridized carbons (Fsp3) is 0.0909. The third-order valence-corrected chi connectivity index (χ3v) is 6.94. The molecule has 0 fully saturated rings. The molecule has 1 amide bonds. The van der Waals surface area contributed by atoms with Crippen LogP contribution in [0.3, 0.4) is 0 Å². The number of nitrogens with zero attached hydrogens (tertiary/aromatic N) is 1. The zero-order valence-corrected chi connectivity index (χ0v) is 18.3. The predicted molar refractivity (Wildman–Crippen MR) is 121 cm³/mol. The molecule has 4 rings (SSSR count). The molecule has 3 aromatic carbocycles. The molecule has 6 nitrogen and oxygen atoms in total. The maximum atomic E-state index is 13.5. The summed E-state index contributed by atoms with van der Waals surface area (Å²) in [5.74, 6) is -0.741. The van der Waals surface area contributed by atoms with Crippen molar-refractivity contribution < 1.29 is 17.6 Å². The smallest absolute Gasteiger partial charge is 0.261 e. The Morgan fingerprint density at radius 2 is 1.74 bits per heavy atom. The molecule has 9 heteroatoms. The van der Waals surface area contributed by atoms with Gasteiger partial charge in [0.2, 0.25) is 0 Å². The highest BCUT2D eigenvalue weighted by Crippen LogP contribution is 2.29. The van der Waals surface area contributed by atoms with Crippen LogP contribution >= 0.6 is 11.3 Å². The average Bonchev–Trinajstić information content (AvgIpc) is 3.11. The summed E-state index contributed by atoms with van der Waals surface area (Å²) in [6.07, 6.45) is 0. The minimum atomic E-state index is -3.88. The number of amides is 1. The minimum absolute atomic E-state index is 0.0316. The Morgan fingerprint density at radius 1 is 1.00 bits per heavy atom. The van der Waals surface area contributed by atoms with Crippen molar-refractivity contribution in [1.29, 1.82) is 0 Å². The molecule has 0 unspecified atom stereocenters. The van der Waals surface area contributed by atoms with Crippen LogP contribution in [0.1, 0.15) is 21.5 Å². The fourth-order valence-corrected chi connectivity index (χ4v) is 4.89. The first-order valence-corrected chi connectivity index (χ1v) is 11.6. The molecule has 0 spiro atoms. The second-order valence-corrected chi connectivity index (χ2v) is 9.75. The van der Waals surface area contributed by atoms with Crippen LogP contribution in [0.15, 0.2) is 65.6 Å². The van der Waals surface area contributed by atoms with Crippen LogP contribution < -0.4 is 10.0 Å². The third kappa shape index (κ3) is 4.57. The standard InChI is InChI=1S/C22H18FN3O3S2/c1-13-3-5-15(6-4-13)21(27)25-22-24-19-12-16(7-10-20(19)30-22)26-31(28,29)17-8-9-18(23)14(2)11-17/h3-12,26H,1-2H3,(H,24,25,27). The predicted octanol–water partition coefficient (Wildman–Crippen LogP) is 5.11. The number of carbonyl (C=O) groups excluding carboxylic acids is 1. The number of aromatic nitrogens is 1. The second kappa shape index (κ2) is 8.09. The Kier molecular flexibility index (Phi) is 5.47. The van der Waals surface area contributed by atoms with Gasteiger partial charge >= 0.3 is 0 Å². The van der Waals surface area contributed by atoms with Crippen LogP contribution in [0.2, 0.25) is 0 Å². The summed E-state index contributed by atoms with van der Waals surface area (Å²) in [5, 5.41) is 3.18. The zero-order valence-electron chi connectivity index (χ0n) is 16.6. The molecule has 0 atom stereocenters. The fourth-order valence-electron chi connectivity index (χ4n) is 2.92. The maximum Gasteiger partial charge on any atom is 0.261 e. The highest BCUT2D eigenvalue weighted by atomic mass is 32.2. The summed E-state index contributed by atoms with van der Waals surface area (Å²) in [5.41, 5.74) is 2.68. The van der Waals surface area contributed by atoms with Gasteiger partial charge in [-0.2, -0.15) is 0 Å². The van der Waals surface area contributed by atoms with Gasteiger partial charge in [-0.15, -0.1) is 0 Å². The molecule has 31 heavy (non-hydrogen) atoms. The van der Waals surface area contributed by atoms with Crippen molar-refractivity contribution >= 4 is 48.3 Å². The first kappa shape index (κ1) is 21.0. The first-order chi connectivity index (χ1) is 14.7. The lowest BCUT2D eigenvalue weighted by atomic mass is 10.1. The van der Waals surface area contributed by atoms with E-state index in [0.717, 1.165) is 16.3 Å². The van der Waals surface area contributed by atoms with Gasteiger partial charge < -0.3 is 0 Å². The lowest BCUT2D eigenvalue weighted by Crippen LogP contribution is -2.13. The van der Waals surface area contributed by atoms with Crippen molar-refractivity contribution in [2.45, 2.75) is 18.7 Å². The molecular formula is C22H18FN3O3S2. The maximum absolute atomic E-state index is 13.5. The molecule has 0 radical (unpaired) electrons. The van der Waals surface area contributed by atoms with E-state index in [2.05, 4.69) is 15.0 Å². The van der Waals surface area contributed by atoms with E-state index in [9.17, 15) is 17.6 Å². The van der Waals surface area contributed by atoms with Gasteiger partial charge in [-0.25, -0.2) is 17.8 Å². The summed E-state index contributed by atoms with van der Waals surface area (Å²) in [4.78, 5) is 16.8. The van der Waals surface area contributed by atoms with E-state index in [1.165, 1.54) is 30.4 Å². The van der Waals surface area contributed by atoms with E-state index in [1.807, 2.05) is 19.1 Å². The number of sulfonamides is 1. The molecule has 0 aliphatic carbocycles. The van der Waals surface area contributed by atoms with Gasteiger partial charge in [0.15, 0.2) is 5.13 Å². The average molecular weight is 456 g/mol. The summed E-state index contributed by atoms with van der Waals surface area (Å²) in [7, 11) is -3.88. The molecule has 1 heterocycles. The van der Waals surface area contributed by atoms with Crippen molar-refractivity contribution in [2.75, 3.05) is 10.0 Å². The third-order valence-electron chi connectivity index (χ3n) is 4.61. The Labute approximate surface area is 182 Å². The Bertz CT molecular complexity index is 1400. The molecule has 0 saturated heterocycles. The summed E-state index contributed by atoms with van der Waals surface area (Å²) < 4.78 is 42.0. The first-order valence-electron chi connectivity index (χ1n) is 9.29. The lowest BCUT2D eigenvalue weighted by molar-refractivity contribution is 0.102. The van der Waals surface area contributed by atoms with Crippen LogP contribution in [0.25, 0.3) is 10.2 Å². The molecule has 158 valence electrons. The molecule has 1 aromatic heterocycles. The van der Waals surface area contributed by atoms with Crippen molar-refractivity contribution in [1.82, 2.24) is 4.98 Å². The SMILES string of the molecule is Cc1ccc(C(=O)Nc2nc3cc(NS(=O)(=O)c4ccc(F)c(C)c4)ccc3s2)cc1. The molecule has 0 bridgehead atoms. The van der Waals surface area contributed by atoms with Gasteiger partial charge in [0.05, 0.1) is 20.8 Å². The van der Waals surface area contributed by atoms with E-state index >= 15 is 0 Å². The molecular weight excluding hydrogens is 437 g/mol. The van der Waals surface area contributed by atoms with E-state index in [-0.39, 0.29) is 16.4 Å². The largest absolute Gasteiger partial charge is 0.298 e. The number of carbonyl (C=O) groups is 1. The van der Waals surface area contributed by atoms with Crippen molar-refractivity contribution in [3.05, 3.63) is 83.2 Å². The number of fused-ring (bicyclic) bond motifs is 1. The summed E-state index contributed by atoms with van der Waals surface area (Å²) in [6.45, 7) is 3.44. The highest BCUT2D eigenvalue weighted by molar-refractivity contribution is 7.92. The second-order valence-electron chi connectivity index (χ2n) is 7.04. The normalized spacial score (nSPS) is 11.5. The van der Waals surface area contributed by atoms with Crippen LogP contribution in [-0.4, -0.2) is 19.3 Å². The Morgan fingerprint density at radius 3 is 2.45 bits per heavy atom. The molecule has 2 N–H and O–H groups in total. The summed E-state index contributed by atoms with van der Waals surface area (Å²) >= 11 is 1.29. The Balaban J connectivity index is 1.55. The minimum Gasteiger partial charge on any atom is -0.298 e. The van der Waals surface area contributed by atoms with Crippen molar-refractivity contribution in [3.8, 4) is 0 Å². The van der Waals surface area contributed by atoms with Gasteiger partial charge in [0, 0.05) is 5.56 Å². The number of aryl methyl sites for hydroxylation is 2. The van der Waals surface area contributed by atoms with Gasteiger partial charge in [-0.1, -0.05) is 29.0 Å². The van der Waals surface area contributed by atoms with Crippen LogP contribution in [0, 0.1) is 19.7 Å². The topological polar surface area (TPSA) is 88.2 Å². The van der Waals surface area contributed by atoms with Gasteiger partial charge in [-0.3, -0.25) is 14.8 Å². The zero-order chi connectivity index (χ0) is 22.2. The number of anilines is 2. The van der Waals surface area contributed by atoms with Crippen LogP contribution in [-0.2, 0) is 10.0 Å². The number of benzene rings is 3. The van der Waals surface area contributed by atoms with Gasteiger partial charge in [0.1, 0.15) is 5.82 Å². The van der Waals surface area contributed by atoms with Crippen molar-refractivity contribution in [2.24, 2.45) is 0 Å². The molecule has 0 aliphatic heterocycles. The monoisotopic (exact) mass is 455 g/mol. The van der Waals surface area contributed by atoms with Crippen LogP contribution in [0.5, 0.6) is 0 Å². The lowest BCUT2D eigenvalue weighted by Gasteiger charge is -2.09. The number of hydrogen-bond donors (Lipinski definition) is 2. The molecule has 0 aliphatic rings.